The fourth-order valence-electron chi connectivity index (χ4n) is 1.47. The number of nitrogens with zero attached hydrogens (tertiary/aromatic N) is 2. The molecule has 1 aromatic heterocycles. The molecule has 0 radical (unpaired) electrons. The number of carbonyl (C=O) groups is 1. The fraction of sp³-hybridized carbons (Fsp3) is 0.300. The fourth-order valence-corrected chi connectivity index (χ4v) is 1.47. The molecule has 0 saturated heterocycles. The maximum atomic E-state index is 10.5. The number of anilines is 1. The molecule has 1 aliphatic rings. The summed E-state index contributed by atoms with van der Waals surface area (Å²) in [5.74, 6) is -0.440. The van der Waals surface area contributed by atoms with Gasteiger partial charge >= 0.3 is 5.97 Å². The number of carboxylic acids is 1. The molecule has 1 aromatic rings. The number of carboxylic acid groups (broad SMARTS) is 1. The number of hydrogen-bond donors (Lipinski definition) is 2. The van der Waals surface area contributed by atoms with Crippen LogP contribution in [0.5, 0.6) is 0 Å². The lowest BCUT2D eigenvalue weighted by molar-refractivity contribution is 0.0689. The van der Waals surface area contributed by atoms with Crippen molar-refractivity contribution in [1.82, 2.24) is 10.2 Å². The van der Waals surface area contributed by atoms with Crippen molar-refractivity contribution in [1.29, 1.82) is 0 Å². The first-order chi connectivity index (χ1) is 7.25. The van der Waals surface area contributed by atoms with Crippen LogP contribution in [0.25, 0.3) is 0 Å². The monoisotopic (exact) mass is 205 g/mol. The summed E-state index contributed by atoms with van der Waals surface area (Å²) in [6, 6.07) is 3.43. The molecule has 2 rings (SSSR count). The van der Waals surface area contributed by atoms with Crippen LogP contribution in [-0.2, 0) is 0 Å². The van der Waals surface area contributed by atoms with E-state index in [0.717, 1.165) is 12.8 Å². The van der Waals surface area contributed by atoms with Gasteiger partial charge in [-0.3, -0.25) is 0 Å². The summed E-state index contributed by atoms with van der Waals surface area (Å²) in [5.41, 5.74) is -0.0369. The average molecular weight is 205 g/mol. The maximum Gasteiger partial charge on any atom is 0.356 e. The molecule has 0 amide bonds. The molecule has 2 N–H and O–H groups in total. The van der Waals surface area contributed by atoms with Crippen LogP contribution in [0.1, 0.15) is 23.3 Å². The normalized spacial score (nSPS) is 15.5. The largest absolute Gasteiger partial charge is 0.476 e. The molecule has 5 heteroatoms. The van der Waals surface area contributed by atoms with Crippen molar-refractivity contribution in [2.24, 2.45) is 0 Å². The highest BCUT2D eigenvalue weighted by molar-refractivity contribution is 5.85. The van der Waals surface area contributed by atoms with Crippen LogP contribution in [0, 0.1) is 0 Å². The Hall–Kier alpha value is -1.91. The molecule has 0 unspecified atom stereocenters. The summed E-state index contributed by atoms with van der Waals surface area (Å²) in [4.78, 5) is 10.5. The van der Waals surface area contributed by atoms with Gasteiger partial charge in [0.15, 0.2) is 5.69 Å². The number of rotatable bonds is 3. The number of nitrogens with one attached hydrogen (secondary N) is 1. The number of aromatic carboxylic acids is 1. The van der Waals surface area contributed by atoms with E-state index in [9.17, 15) is 4.79 Å². The molecule has 0 bridgehead atoms. The van der Waals surface area contributed by atoms with Gasteiger partial charge in [0.05, 0.1) is 0 Å². The van der Waals surface area contributed by atoms with E-state index in [4.69, 9.17) is 5.11 Å². The zero-order valence-electron chi connectivity index (χ0n) is 8.05. The van der Waals surface area contributed by atoms with E-state index >= 15 is 0 Å². The zero-order chi connectivity index (χ0) is 10.7. The first-order valence-electron chi connectivity index (χ1n) is 4.74. The highest BCUT2D eigenvalue weighted by Gasteiger charge is 2.11. The van der Waals surface area contributed by atoms with Gasteiger partial charge in [0.25, 0.3) is 0 Å². The van der Waals surface area contributed by atoms with Gasteiger partial charge in [-0.1, -0.05) is 12.2 Å². The quantitative estimate of drug-likeness (QED) is 0.727. The minimum absolute atomic E-state index is 0.0369. The van der Waals surface area contributed by atoms with Crippen LogP contribution in [0.15, 0.2) is 24.3 Å². The van der Waals surface area contributed by atoms with Gasteiger partial charge in [-0.15, -0.1) is 10.2 Å². The van der Waals surface area contributed by atoms with E-state index in [1.807, 2.05) is 0 Å². The molecule has 0 spiro atoms. The summed E-state index contributed by atoms with van der Waals surface area (Å²) in [6.45, 7) is 0. The lowest BCUT2D eigenvalue weighted by atomic mass is 10.2. The molecule has 0 aliphatic heterocycles. The molecule has 78 valence electrons. The van der Waals surface area contributed by atoms with Crippen LogP contribution in [0.4, 0.5) is 5.82 Å². The Kier molecular flexibility index (Phi) is 2.62. The van der Waals surface area contributed by atoms with E-state index in [1.165, 1.54) is 6.07 Å². The van der Waals surface area contributed by atoms with E-state index in [-0.39, 0.29) is 5.69 Å². The van der Waals surface area contributed by atoms with Crippen molar-refractivity contribution in [3.05, 3.63) is 30.0 Å². The van der Waals surface area contributed by atoms with Gasteiger partial charge in [0.1, 0.15) is 5.82 Å². The second-order valence-corrected chi connectivity index (χ2v) is 3.39. The Morgan fingerprint density at radius 3 is 2.60 bits per heavy atom. The lowest BCUT2D eigenvalue weighted by Gasteiger charge is -2.11. The molecule has 1 aliphatic carbocycles. The molecule has 0 saturated carbocycles. The van der Waals surface area contributed by atoms with Crippen LogP contribution in [-0.4, -0.2) is 27.3 Å². The number of hydrogen-bond acceptors (Lipinski definition) is 4. The minimum atomic E-state index is -1.06. The van der Waals surface area contributed by atoms with Gasteiger partial charge in [0.2, 0.25) is 0 Å². The third kappa shape index (κ3) is 2.31. The number of aromatic nitrogens is 2. The van der Waals surface area contributed by atoms with Gasteiger partial charge in [-0.2, -0.15) is 0 Å². The highest BCUT2D eigenvalue weighted by atomic mass is 16.4. The van der Waals surface area contributed by atoms with Gasteiger partial charge in [-0.05, 0) is 25.0 Å². The van der Waals surface area contributed by atoms with Crippen molar-refractivity contribution in [3.63, 3.8) is 0 Å². The predicted octanol–water partition coefficient (Wildman–Crippen LogP) is 1.31. The SMILES string of the molecule is O=C(O)c1ccc(NC2CC=CC2)nn1. The Balaban J connectivity index is 2.00. The minimum Gasteiger partial charge on any atom is -0.476 e. The zero-order valence-corrected chi connectivity index (χ0v) is 8.05. The van der Waals surface area contributed by atoms with E-state index < -0.39 is 5.97 Å². The van der Waals surface area contributed by atoms with Gasteiger partial charge in [-0.25, -0.2) is 4.79 Å². The van der Waals surface area contributed by atoms with Crippen LogP contribution in [0.2, 0.25) is 0 Å². The summed E-state index contributed by atoms with van der Waals surface area (Å²) in [5, 5.41) is 19.2. The summed E-state index contributed by atoms with van der Waals surface area (Å²) >= 11 is 0. The van der Waals surface area contributed by atoms with Crippen LogP contribution >= 0.6 is 0 Å². The molecular formula is C10H11N3O2. The summed E-state index contributed by atoms with van der Waals surface area (Å²) in [6.07, 6.45) is 6.16. The lowest BCUT2D eigenvalue weighted by Crippen LogP contribution is -2.16. The summed E-state index contributed by atoms with van der Waals surface area (Å²) in [7, 11) is 0. The molecule has 15 heavy (non-hydrogen) atoms. The molecule has 0 aromatic carbocycles. The Labute approximate surface area is 86.8 Å². The van der Waals surface area contributed by atoms with Crippen molar-refractivity contribution >= 4 is 11.8 Å². The maximum absolute atomic E-state index is 10.5. The van der Waals surface area contributed by atoms with Crippen molar-refractivity contribution in [3.8, 4) is 0 Å². The van der Waals surface area contributed by atoms with E-state index in [0.29, 0.717) is 11.9 Å². The highest BCUT2D eigenvalue weighted by Crippen LogP contribution is 2.14. The Morgan fingerprint density at radius 2 is 2.07 bits per heavy atom. The standard InChI is InChI=1S/C10H11N3O2/c14-10(15)8-5-6-9(13-12-8)11-7-3-1-2-4-7/h1-2,5-7H,3-4H2,(H,11,13)(H,14,15). The first kappa shape index (κ1) is 9.64. The Bertz CT molecular complexity index is 378. The molecule has 1 heterocycles. The van der Waals surface area contributed by atoms with E-state index in [2.05, 4.69) is 27.7 Å². The van der Waals surface area contributed by atoms with Crippen LogP contribution in [0.3, 0.4) is 0 Å². The van der Waals surface area contributed by atoms with Gasteiger partial charge in [0, 0.05) is 6.04 Å². The predicted molar refractivity (Wildman–Crippen MR) is 54.8 cm³/mol. The van der Waals surface area contributed by atoms with Crippen molar-refractivity contribution in [2.45, 2.75) is 18.9 Å². The first-order valence-corrected chi connectivity index (χ1v) is 4.74. The third-order valence-electron chi connectivity index (χ3n) is 2.24. The molecule has 0 fully saturated rings. The second-order valence-electron chi connectivity index (χ2n) is 3.39. The third-order valence-corrected chi connectivity index (χ3v) is 2.24. The van der Waals surface area contributed by atoms with Gasteiger partial charge < -0.3 is 10.4 Å². The van der Waals surface area contributed by atoms with Crippen LogP contribution < -0.4 is 5.32 Å². The second kappa shape index (κ2) is 4.08. The van der Waals surface area contributed by atoms with Crippen molar-refractivity contribution in [2.75, 3.05) is 5.32 Å². The summed E-state index contributed by atoms with van der Waals surface area (Å²) < 4.78 is 0. The van der Waals surface area contributed by atoms with E-state index in [1.54, 1.807) is 6.07 Å². The van der Waals surface area contributed by atoms with Crippen molar-refractivity contribution < 1.29 is 9.90 Å². The topological polar surface area (TPSA) is 75.1 Å². The smallest absolute Gasteiger partial charge is 0.356 e. The Morgan fingerprint density at radius 1 is 1.33 bits per heavy atom. The average Bonchev–Trinajstić information content (AvgIpc) is 2.71. The molecule has 0 atom stereocenters. The molecule has 5 nitrogen and oxygen atoms in total. The molecular weight excluding hydrogens is 194 g/mol.